The number of nitrogens with two attached hydrogens (primary N) is 1. The molecular formula is C13H18F3N3O2S2. The lowest BCUT2D eigenvalue weighted by atomic mass is 10.3. The SMILES string of the molecule is CCCCN1CCSc2sc(C(=N)N)cc21.O=C(O)C(F)(F)F. The summed E-state index contributed by atoms with van der Waals surface area (Å²) in [5.41, 5.74) is 6.83. The molecule has 0 amide bonds. The average Bonchev–Trinajstić information content (AvgIpc) is 2.89. The number of aliphatic carboxylic acids is 1. The number of thioether (sulfide) groups is 1. The van der Waals surface area contributed by atoms with Crippen LogP contribution in [-0.2, 0) is 4.79 Å². The lowest BCUT2D eigenvalue weighted by Crippen LogP contribution is -2.29. The summed E-state index contributed by atoms with van der Waals surface area (Å²) in [6.45, 7) is 4.46. The first kappa shape index (κ1) is 19.6. The van der Waals surface area contributed by atoms with Crippen molar-refractivity contribution in [2.24, 2.45) is 5.73 Å². The summed E-state index contributed by atoms with van der Waals surface area (Å²) >= 11 is 3.54. The Bertz CT molecular complexity index is 561. The summed E-state index contributed by atoms with van der Waals surface area (Å²) in [6, 6.07) is 2.07. The normalized spacial score (nSPS) is 13.8. The second-order valence-corrected chi connectivity index (χ2v) is 7.10. The van der Waals surface area contributed by atoms with Gasteiger partial charge in [-0.3, -0.25) is 5.41 Å². The van der Waals surface area contributed by atoms with Crippen molar-refractivity contribution >= 4 is 40.6 Å². The van der Waals surface area contributed by atoms with E-state index in [2.05, 4.69) is 17.9 Å². The number of unbranched alkanes of at least 4 members (excludes halogenated alkanes) is 1. The molecule has 0 saturated carbocycles. The van der Waals surface area contributed by atoms with Gasteiger partial charge in [0, 0.05) is 18.8 Å². The summed E-state index contributed by atoms with van der Waals surface area (Å²) in [5.74, 6) is -1.42. The number of carboxylic acid groups (broad SMARTS) is 1. The Morgan fingerprint density at radius 2 is 2.13 bits per heavy atom. The molecule has 0 saturated heterocycles. The largest absolute Gasteiger partial charge is 0.490 e. The third-order valence-electron chi connectivity index (χ3n) is 2.90. The molecule has 1 aliphatic heterocycles. The van der Waals surface area contributed by atoms with E-state index in [4.69, 9.17) is 21.0 Å². The number of hydrogen-bond donors (Lipinski definition) is 3. The molecule has 0 atom stereocenters. The molecule has 0 radical (unpaired) electrons. The van der Waals surface area contributed by atoms with Crippen molar-refractivity contribution in [1.82, 2.24) is 0 Å². The second-order valence-electron chi connectivity index (χ2n) is 4.69. The molecule has 4 N–H and O–H groups in total. The highest BCUT2D eigenvalue weighted by Gasteiger charge is 2.38. The van der Waals surface area contributed by atoms with E-state index in [1.807, 2.05) is 11.8 Å². The van der Waals surface area contributed by atoms with E-state index in [0.29, 0.717) is 0 Å². The zero-order valence-electron chi connectivity index (χ0n) is 12.4. The third-order valence-corrected chi connectivity index (χ3v) is 5.32. The van der Waals surface area contributed by atoms with Gasteiger partial charge in [-0.05, 0) is 12.5 Å². The van der Waals surface area contributed by atoms with Crippen LogP contribution in [0.3, 0.4) is 0 Å². The Morgan fingerprint density at radius 3 is 2.61 bits per heavy atom. The van der Waals surface area contributed by atoms with Crippen LogP contribution in [0.25, 0.3) is 0 Å². The molecule has 2 heterocycles. The van der Waals surface area contributed by atoms with Crippen molar-refractivity contribution in [3.05, 3.63) is 10.9 Å². The summed E-state index contributed by atoms with van der Waals surface area (Å²) in [5, 5.41) is 14.6. The molecule has 10 heteroatoms. The summed E-state index contributed by atoms with van der Waals surface area (Å²) < 4.78 is 33.1. The van der Waals surface area contributed by atoms with Crippen LogP contribution in [0.2, 0.25) is 0 Å². The molecule has 1 aromatic rings. The van der Waals surface area contributed by atoms with Gasteiger partial charge in [0.15, 0.2) is 0 Å². The Hall–Kier alpha value is -1.42. The maximum absolute atomic E-state index is 10.6. The molecule has 0 unspecified atom stereocenters. The number of carboxylic acids is 1. The van der Waals surface area contributed by atoms with Gasteiger partial charge in [0.1, 0.15) is 5.84 Å². The minimum absolute atomic E-state index is 0.190. The minimum Gasteiger partial charge on any atom is -0.475 e. The number of rotatable bonds is 4. The number of hydrogen-bond acceptors (Lipinski definition) is 5. The van der Waals surface area contributed by atoms with Crippen LogP contribution in [0.5, 0.6) is 0 Å². The number of amidine groups is 1. The highest BCUT2D eigenvalue weighted by molar-refractivity contribution is 8.01. The van der Waals surface area contributed by atoms with E-state index < -0.39 is 12.1 Å². The maximum Gasteiger partial charge on any atom is 0.490 e. The summed E-state index contributed by atoms with van der Waals surface area (Å²) in [6.07, 6.45) is -2.63. The number of nitrogens with one attached hydrogen (secondary N) is 1. The molecule has 0 aliphatic carbocycles. The third kappa shape index (κ3) is 5.94. The molecule has 0 bridgehead atoms. The van der Waals surface area contributed by atoms with Gasteiger partial charge in [0.2, 0.25) is 0 Å². The van der Waals surface area contributed by atoms with E-state index in [9.17, 15) is 13.2 Å². The van der Waals surface area contributed by atoms with Gasteiger partial charge in [0.25, 0.3) is 0 Å². The lowest BCUT2D eigenvalue weighted by molar-refractivity contribution is -0.192. The van der Waals surface area contributed by atoms with Crippen molar-refractivity contribution in [2.75, 3.05) is 23.7 Å². The fraction of sp³-hybridized carbons (Fsp3) is 0.538. The van der Waals surface area contributed by atoms with E-state index >= 15 is 0 Å². The Labute approximate surface area is 140 Å². The molecule has 0 aromatic carbocycles. The van der Waals surface area contributed by atoms with Gasteiger partial charge < -0.3 is 15.7 Å². The number of nitrogens with zero attached hydrogens (tertiary/aromatic N) is 1. The Morgan fingerprint density at radius 1 is 1.52 bits per heavy atom. The number of thiophene rings is 1. The van der Waals surface area contributed by atoms with Crippen molar-refractivity contribution in [1.29, 1.82) is 5.41 Å². The molecule has 0 fully saturated rings. The number of fused-ring (bicyclic) bond motifs is 1. The van der Waals surface area contributed by atoms with E-state index in [0.717, 1.165) is 23.7 Å². The van der Waals surface area contributed by atoms with Crippen LogP contribution in [-0.4, -0.2) is 41.9 Å². The fourth-order valence-corrected chi connectivity index (χ4v) is 4.13. The van der Waals surface area contributed by atoms with Crippen molar-refractivity contribution in [2.45, 2.75) is 30.2 Å². The first-order valence-electron chi connectivity index (χ1n) is 6.82. The summed E-state index contributed by atoms with van der Waals surface area (Å²) in [7, 11) is 0. The van der Waals surface area contributed by atoms with Crippen LogP contribution in [0.4, 0.5) is 18.9 Å². The number of anilines is 1. The molecule has 130 valence electrons. The molecule has 0 spiro atoms. The predicted octanol–water partition coefficient (Wildman–Crippen LogP) is 3.38. The molecule has 1 aliphatic rings. The lowest BCUT2D eigenvalue weighted by Gasteiger charge is -2.28. The predicted molar refractivity (Wildman–Crippen MR) is 86.9 cm³/mol. The molecule has 5 nitrogen and oxygen atoms in total. The molecule has 2 rings (SSSR count). The maximum atomic E-state index is 10.6. The first-order valence-corrected chi connectivity index (χ1v) is 8.63. The number of alkyl halides is 3. The van der Waals surface area contributed by atoms with Crippen LogP contribution in [0, 0.1) is 5.41 Å². The van der Waals surface area contributed by atoms with E-state index in [1.54, 1.807) is 11.3 Å². The highest BCUT2D eigenvalue weighted by atomic mass is 32.2. The van der Waals surface area contributed by atoms with Crippen LogP contribution >= 0.6 is 23.1 Å². The van der Waals surface area contributed by atoms with E-state index in [1.165, 1.54) is 22.7 Å². The minimum atomic E-state index is -5.08. The number of nitrogen functional groups attached to an aromatic ring is 1. The second kappa shape index (κ2) is 8.44. The zero-order chi connectivity index (χ0) is 17.6. The monoisotopic (exact) mass is 369 g/mol. The highest BCUT2D eigenvalue weighted by Crippen LogP contribution is 2.41. The van der Waals surface area contributed by atoms with Crippen LogP contribution in [0.1, 0.15) is 24.6 Å². The smallest absolute Gasteiger partial charge is 0.475 e. The van der Waals surface area contributed by atoms with Crippen molar-refractivity contribution in [3.63, 3.8) is 0 Å². The topological polar surface area (TPSA) is 90.4 Å². The molecule has 23 heavy (non-hydrogen) atoms. The van der Waals surface area contributed by atoms with Crippen molar-refractivity contribution < 1.29 is 23.1 Å². The van der Waals surface area contributed by atoms with Gasteiger partial charge in [-0.25, -0.2) is 4.79 Å². The zero-order valence-corrected chi connectivity index (χ0v) is 14.1. The first-order chi connectivity index (χ1) is 10.7. The quantitative estimate of drug-likeness (QED) is 0.559. The number of halogens is 3. The molecule has 1 aromatic heterocycles. The van der Waals surface area contributed by atoms with Crippen LogP contribution in [0.15, 0.2) is 10.3 Å². The van der Waals surface area contributed by atoms with Crippen LogP contribution < -0.4 is 10.6 Å². The standard InChI is InChI=1S/C11H17N3S2.C2HF3O2/c1-2-3-4-14-5-6-15-11-8(14)7-9(16-11)10(12)13;3-2(4,5)1(6)7/h7H,2-6H2,1H3,(H3,12,13);(H,6,7). The Balaban J connectivity index is 0.000000322. The van der Waals surface area contributed by atoms with Gasteiger partial charge in [0.05, 0.1) is 14.8 Å². The molecular weight excluding hydrogens is 351 g/mol. The van der Waals surface area contributed by atoms with Crippen molar-refractivity contribution in [3.8, 4) is 0 Å². The average molecular weight is 369 g/mol. The fourth-order valence-electron chi connectivity index (χ4n) is 1.77. The van der Waals surface area contributed by atoms with Gasteiger partial charge in [-0.15, -0.1) is 23.1 Å². The van der Waals surface area contributed by atoms with Gasteiger partial charge in [-0.1, -0.05) is 13.3 Å². The number of carbonyl (C=O) groups is 1. The van der Waals surface area contributed by atoms with Gasteiger partial charge in [-0.2, -0.15) is 13.2 Å². The Kier molecular flexibility index (Phi) is 7.20. The summed E-state index contributed by atoms with van der Waals surface area (Å²) in [4.78, 5) is 12.2. The van der Waals surface area contributed by atoms with Gasteiger partial charge >= 0.3 is 12.1 Å². The van der Waals surface area contributed by atoms with E-state index in [-0.39, 0.29) is 5.84 Å².